The average Bonchev–Trinajstić information content (AvgIpc) is 2.41. The van der Waals surface area contributed by atoms with Crippen molar-refractivity contribution >= 4 is 5.69 Å². The molecule has 1 N–H and O–H groups in total. The summed E-state index contributed by atoms with van der Waals surface area (Å²) in [6, 6.07) is 4.94. The molecule has 20 heavy (non-hydrogen) atoms. The van der Waals surface area contributed by atoms with Crippen LogP contribution in [-0.4, -0.2) is 17.6 Å². The van der Waals surface area contributed by atoms with E-state index in [0.717, 1.165) is 12.0 Å². The largest absolute Gasteiger partial charge is 0.493 e. The Bertz CT molecular complexity index is 492. The van der Waals surface area contributed by atoms with Gasteiger partial charge in [0.25, 0.3) is 5.69 Å². The molecule has 0 atom stereocenters. The number of nitrogens with one attached hydrogen (secondary N) is 1. The quantitative estimate of drug-likeness (QED) is 0.343. The Morgan fingerprint density at radius 1 is 1.50 bits per heavy atom. The molecule has 5 nitrogen and oxygen atoms in total. The highest BCUT2D eigenvalue weighted by Crippen LogP contribution is 2.24. The Morgan fingerprint density at radius 3 is 2.85 bits per heavy atom. The van der Waals surface area contributed by atoms with Crippen LogP contribution in [0, 0.1) is 22.5 Å². The van der Waals surface area contributed by atoms with Crippen molar-refractivity contribution in [2.45, 2.75) is 39.3 Å². The van der Waals surface area contributed by atoms with Crippen LogP contribution in [0.1, 0.15) is 32.3 Å². The van der Waals surface area contributed by atoms with Crippen molar-refractivity contribution in [1.29, 1.82) is 0 Å². The molecule has 0 aromatic heterocycles. The smallest absolute Gasteiger partial charge is 0.270 e. The molecular weight excluding hydrogens is 256 g/mol. The molecule has 0 radical (unpaired) electrons. The Hall–Kier alpha value is -2.06. The van der Waals surface area contributed by atoms with Gasteiger partial charge in [-0.15, -0.1) is 12.3 Å². The van der Waals surface area contributed by atoms with Crippen LogP contribution in [0.15, 0.2) is 18.2 Å². The lowest BCUT2D eigenvalue weighted by atomic mass is 10.1. The van der Waals surface area contributed by atoms with Crippen LogP contribution in [0.3, 0.4) is 0 Å². The van der Waals surface area contributed by atoms with Gasteiger partial charge in [0.15, 0.2) is 0 Å². The monoisotopic (exact) mass is 276 g/mol. The average molecular weight is 276 g/mol. The van der Waals surface area contributed by atoms with E-state index in [1.807, 2.05) is 13.8 Å². The first kappa shape index (κ1) is 16.0. The number of ether oxygens (including phenoxy) is 1. The van der Waals surface area contributed by atoms with Crippen molar-refractivity contribution in [3.05, 3.63) is 33.9 Å². The number of nitrogens with zero attached hydrogens (tertiary/aromatic N) is 1. The summed E-state index contributed by atoms with van der Waals surface area (Å²) in [5.41, 5.74) is 0.857. The fourth-order valence-electron chi connectivity index (χ4n) is 1.63. The third-order valence-electron chi connectivity index (χ3n) is 2.68. The third-order valence-corrected chi connectivity index (χ3v) is 2.68. The molecule has 1 aromatic rings. The Labute approximate surface area is 119 Å². The molecule has 1 rings (SSSR count). The van der Waals surface area contributed by atoms with Gasteiger partial charge in [0, 0.05) is 36.7 Å². The minimum Gasteiger partial charge on any atom is -0.493 e. The zero-order chi connectivity index (χ0) is 15.0. The molecule has 0 bridgehead atoms. The number of unbranched alkanes of at least 4 members (excludes halogenated alkanes) is 1. The summed E-state index contributed by atoms with van der Waals surface area (Å²) in [6.45, 7) is 5.08. The van der Waals surface area contributed by atoms with Crippen molar-refractivity contribution in [2.75, 3.05) is 6.61 Å². The number of nitro groups is 1. The standard InChI is InChI=1S/C15H20N2O3/c1-4-5-6-9-20-15-8-7-14(17(18)19)10-13(15)11-16-12(2)3/h1,7-8,10,12,16H,5-6,9,11H2,2-3H3. The Balaban J connectivity index is 2.79. The van der Waals surface area contributed by atoms with Crippen LogP contribution >= 0.6 is 0 Å². The molecular formula is C15H20N2O3. The molecule has 0 saturated heterocycles. The first-order valence-corrected chi connectivity index (χ1v) is 6.61. The highest BCUT2D eigenvalue weighted by Gasteiger charge is 2.12. The van der Waals surface area contributed by atoms with Gasteiger partial charge in [0.1, 0.15) is 5.75 Å². The van der Waals surface area contributed by atoms with Crippen molar-refractivity contribution in [1.82, 2.24) is 5.32 Å². The lowest BCUT2D eigenvalue weighted by molar-refractivity contribution is -0.384. The lowest BCUT2D eigenvalue weighted by Crippen LogP contribution is -2.22. The van der Waals surface area contributed by atoms with E-state index in [2.05, 4.69) is 11.2 Å². The second-order valence-electron chi connectivity index (χ2n) is 4.74. The van der Waals surface area contributed by atoms with Crippen LogP contribution in [-0.2, 0) is 6.54 Å². The predicted molar refractivity (Wildman–Crippen MR) is 78.6 cm³/mol. The molecule has 0 aliphatic rings. The zero-order valence-corrected chi connectivity index (χ0v) is 11.9. The van der Waals surface area contributed by atoms with Gasteiger partial charge < -0.3 is 10.1 Å². The van der Waals surface area contributed by atoms with Crippen molar-refractivity contribution in [3.8, 4) is 18.1 Å². The molecule has 0 amide bonds. The number of benzene rings is 1. The molecule has 0 unspecified atom stereocenters. The molecule has 5 heteroatoms. The van der Waals surface area contributed by atoms with Gasteiger partial charge in [-0.25, -0.2) is 0 Å². The number of nitro benzene ring substituents is 1. The molecule has 0 saturated carbocycles. The van der Waals surface area contributed by atoms with Crippen LogP contribution in [0.2, 0.25) is 0 Å². The van der Waals surface area contributed by atoms with E-state index in [1.54, 1.807) is 12.1 Å². The highest BCUT2D eigenvalue weighted by atomic mass is 16.6. The van der Waals surface area contributed by atoms with E-state index in [9.17, 15) is 10.1 Å². The van der Waals surface area contributed by atoms with Crippen molar-refractivity contribution in [3.63, 3.8) is 0 Å². The van der Waals surface area contributed by atoms with Crippen LogP contribution in [0.5, 0.6) is 5.75 Å². The summed E-state index contributed by atoms with van der Waals surface area (Å²) >= 11 is 0. The van der Waals surface area contributed by atoms with Gasteiger partial charge in [0.05, 0.1) is 11.5 Å². The van der Waals surface area contributed by atoms with Gasteiger partial charge in [-0.1, -0.05) is 13.8 Å². The molecule has 0 aliphatic heterocycles. The van der Waals surface area contributed by atoms with E-state index in [1.165, 1.54) is 6.07 Å². The number of hydrogen-bond donors (Lipinski definition) is 1. The number of terminal acetylenes is 1. The number of rotatable bonds is 8. The zero-order valence-electron chi connectivity index (χ0n) is 11.9. The molecule has 0 fully saturated rings. The summed E-state index contributed by atoms with van der Waals surface area (Å²) in [5.74, 6) is 3.22. The maximum Gasteiger partial charge on any atom is 0.270 e. The maximum atomic E-state index is 10.8. The maximum absolute atomic E-state index is 10.8. The molecule has 0 aliphatic carbocycles. The van der Waals surface area contributed by atoms with Gasteiger partial charge in [-0.3, -0.25) is 10.1 Å². The van der Waals surface area contributed by atoms with Crippen molar-refractivity contribution < 1.29 is 9.66 Å². The Morgan fingerprint density at radius 2 is 2.25 bits per heavy atom. The van der Waals surface area contributed by atoms with Gasteiger partial charge in [-0.2, -0.15) is 0 Å². The second-order valence-corrected chi connectivity index (χ2v) is 4.74. The van der Waals surface area contributed by atoms with E-state index in [4.69, 9.17) is 11.2 Å². The lowest BCUT2D eigenvalue weighted by Gasteiger charge is -2.13. The van der Waals surface area contributed by atoms with Gasteiger partial charge in [-0.05, 0) is 12.5 Å². The van der Waals surface area contributed by atoms with E-state index >= 15 is 0 Å². The van der Waals surface area contributed by atoms with Crippen LogP contribution in [0.25, 0.3) is 0 Å². The highest BCUT2D eigenvalue weighted by molar-refractivity contribution is 5.43. The molecule has 0 heterocycles. The first-order valence-electron chi connectivity index (χ1n) is 6.61. The van der Waals surface area contributed by atoms with Gasteiger partial charge >= 0.3 is 0 Å². The fourth-order valence-corrected chi connectivity index (χ4v) is 1.63. The van der Waals surface area contributed by atoms with Gasteiger partial charge in [0.2, 0.25) is 0 Å². The summed E-state index contributed by atoms with van der Waals surface area (Å²) in [5, 5.41) is 14.1. The number of non-ortho nitro benzene ring substituents is 1. The van der Waals surface area contributed by atoms with Crippen LogP contribution < -0.4 is 10.1 Å². The summed E-state index contributed by atoms with van der Waals surface area (Å²) in [6.07, 6.45) is 6.61. The minimum absolute atomic E-state index is 0.0709. The molecule has 1 aromatic carbocycles. The second kappa shape index (κ2) is 8.18. The summed E-state index contributed by atoms with van der Waals surface area (Å²) < 4.78 is 5.65. The normalized spacial score (nSPS) is 10.3. The Kier molecular flexibility index (Phi) is 6.54. The van der Waals surface area contributed by atoms with Crippen molar-refractivity contribution in [2.24, 2.45) is 0 Å². The minimum atomic E-state index is -0.402. The van der Waals surface area contributed by atoms with Crippen LogP contribution in [0.4, 0.5) is 5.69 Å². The number of hydrogen-bond acceptors (Lipinski definition) is 4. The van der Waals surface area contributed by atoms with E-state index < -0.39 is 4.92 Å². The van der Waals surface area contributed by atoms with E-state index in [0.29, 0.717) is 31.4 Å². The summed E-state index contributed by atoms with van der Waals surface area (Å²) in [7, 11) is 0. The topological polar surface area (TPSA) is 64.4 Å². The fraction of sp³-hybridized carbons (Fsp3) is 0.467. The summed E-state index contributed by atoms with van der Waals surface area (Å²) in [4.78, 5) is 10.4. The third kappa shape index (κ3) is 5.29. The predicted octanol–water partition coefficient (Wildman–Crippen LogP) is 2.89. The SMILES string of the molecule is C#CCCCOc1ccc([N+](=O)[O-])cc1CNC(C)C. The first-order chi connectivity index (χ1) is 9.54. The van der Waals surface area contributed by atoms with E-state index in [-0.39, 0.29) is 5.69 Å². The molecule has 0 spiro atoms. The molecule has 108 valence electrons.